The molecule has 0 bridgehead atoms. The number of carbonyl (C=O) groups is 1. The maximum atomic E-state index is 12.1. The summed E-state index contributed by atoms with van der Waals surface area (Å²) in [5.41, 5.74) is 5.51. The molecule has 1 heterocycles. The molecule has 0 spiro atoms. The van der Waals surface area contributed by atoms with Crippen LogP contribution in [0.2, 0.25) is 0 Å². The summed E-state index contributed by atoms with van der Waals surface area (Å²) in [6, 6.07) is 0.262. The summed E-state index contributed by atoms with van der Waals surface area (Å²) in [7, 11) is 1.58. The van der Waals surface area contributed by atoms with Gasteiger partial charge in [0.2, 0.25) is 5.91 Å². The third kappa shape index (κ3) is 4.43. The standard InChI is InChI=1S/C11H22N2O3.ClH/c1-8-6-16-7-9(2)13(8)11(14)4-10(5-12)15-3;/h8-10H,4-7,12H2,1-3H3;1H. The average Bonchev–Trinajstić information content (AvgIpc) is 2.25. The number of hydrogen-bond acceptors (Lipinski definition) is 4. The smallest absolute Gasteiger partial charge is 0.225 e. The van der Waals surface area contributed by atoms with Crippen LogP contribution in [0.4, 0.5) is 0 Å². The summed E-state index contributed by atoms with van der Waals surface area (Å²) < 4.78 is 10.5. The van der Waals surface area contributed by atoms with E-state index in [0.29, 0.717) is 26.2 Å². The minimum atomic E-state index is -0.185. The van der Waals surface area contributed by atoms with Crippen LogP contribution in [0, 0.1) is 0 Å². The van der Waals surface area contributed by atoms with E-state index >= 15 is 0 Å². The van der Waals surface area contributed by atoms with Gasteiger partial charge in [0.25, 0.3) is 0 Å². The Morgan fingerprint density at radius 1 is 1.47 bits per heavy atom. The van der Waals surface area contributed by atoms with Crippen LogP contribution >= 0.6 is 12.4 Å². The number of rotatable bonds is 4. The molecule has 6 heteroatoms. The van der Waals surface area contributed by atoms with Crippen LogP contribution in [0.1, 0.15) is 20.3 Å². The summed E-state index contributed by atoms with van der Waals surface area (Å²) in [5.74, 6) is 0.0978. The summed E-state index contributed by atoms with van der Waals surface area (Å²) in [5, 5.41) is 0. The van der Waals surface area contributed by atoms with Crippen molar-refractivity contribution >= 4 is 18.3 Å². The molecule has 5 nitrogen and oxygen atoms in total. The molecule has 0 radical (unpaired) electrons. The molecule has 3 atom stereocenters. The Balaban J connectivity index is 0.00000256. The van der Waals surface area contributed by atoms with Crippen molar-refractivity contribution in [3.63, 3.8) is 0 Å². The Hall–Kier alpha value is -0.360. The molecule has 0 aromatic heterocycles. The number of halogens is 1. The lowest BCUT2D eigenvalue weighted by atomic mass is 10.1. The fraction of sp³-hybridized carbons (Fsp3) is 0.909. The highest BCUT2D eigenvalue weighted by molar-refractivity contribution is 5.85. The molecule has 2 N–H and O–H groups in total. The maximum absolute atomic E-state index is 12.1. The van der Waals surface area contributed by atoms with E-state index in [1.807, 2.05) is 18.7 Å². The van der Waals surface area contributed by atoms with E-state index in [1.165, 1.54) is 0 Å². The average molecular weight is 267 g/mol. The Bertz CT molecular complexity index is 227. The number of methoxy groups -OCH3 is 1. The molecule has 1 fully saturated rings. The lowest BCUT2D eigenvalue weighted by Crippen LogP contribution is -2.53. The number of nitrogens with two attached hydrogens (primary N) is 1. The zero-order valence-corrected chi connectivity index (χ0v) is 11.5. The number of ether oxygens (including phenoxy) is 2. The Morgan fingerprint density at radius 2 is 2.00 bits per heavy atom. The van der Waals surface area contributed by atoms with Gasteiger partial charge in [0.05, 0.1) is 37.8 Å². The van der Waals surface area contributed by atoms with Crippen LogP contribution in [0.5, 0.6) is 0 Å². The number of amides is 1. The van der Waals surface area contributed by atoms with Crippen LogP contribution in [-0.2, 0) is 14.3 Å². The molecular formula is C11H23ClN2O3. The molecule has 1 aliphatic rings. The van der Waals surface area contributed by atoms with Crippen LogP contribution in [0.25, 0.3) is 0 Å². The summed E-state index contributed by atoms with van der Waals surface area (Å²) >= 11 is 0. The fourth-order valence-corrected chi connectivity index (χ4v) is 2.06. The van der Waals surface area contributed by atoms with Gasteiger partial charge in [-0.1, -0.05) is 0 Å². The first-order valence-electron chi connectivity index (χ1n) is 5.71. The van der Waals surface area contributed by atoms with Crippen molar-refractivity contribution in [2.75, 3.05) is 26.9 Å². The summed E-state index contributed by atoms with van der Waals surface area (Å²) in [6.45, 7) is 5.58. The SMILES string of the molecule is COC(CN)CC(=O)N1C(C)COCC1C.Cl. The predicted octanol–water partition coefficient (Wildman–Crippen LogP) is 0.408. The van der Waals surface area contributed by atoms with Crippen LogP contribution in [0.15, 0.2) is 0 Å². The normalized spacial score (nSPS) is 26.2. The third-order valence-electron chi connectivity index (χ3n) is 2.95. The van der Waals surface area contributed by atoms with E-state index in [9.17, 15) is 4.79 Å². The second kappa shape index (κ2) is 7.87. The second-order valence-corrected chi connectivity index (χ2v) is 4.33. The van der Waals surface area contributed by atoms with E-state index in [1.54, 1.807) is 7.11 Å². The molecule has 0 aromatic rings. The van der Waals surface area contributed by atoms with E-state index in [0.717, 1.165) is 0 Å². The van der Waals surface area contributed by atoms with E-state index in [-0.39, 0.29) is 36.5 Å². The van der Waals surface area contributed by atoms with Crippen molar-refractivity contribution in [3.8, 4) is 0 Å². The molecule has 0 saturated carbocycles. The second-order valence-electron chi connectivity index (χ2n) is 4.33. The molecule has 1 aliphatic heterocycles. The third-order valence-corrected chi connectivity index (χ3v) is 2.95. The molecule has 1 rings (SSSR count). The molecule has 1 saturated heterocycles. The number of hydrogen-bond donors (Lipinski definition) is 1. The highest BCUT2D eigenvalue weighted by Crippen LogP contribution is 2.15. The van der Waals surface area contributed by atoms with Gasteiger partial charge in [-0.25, -0.2) is 0 Å². The first-order chi connectivity index (χ1) is 7.60. The van der Waals surface area contributed by atoms with Crippen LogP contribution in [-0.4, -0.2) is 55.9 Å². The minimum absolute atomic E-state index is 0. The van der Waals surface area contributed by atoms with Gasteiger partial charge in [0, 0.05) is 13.7 Å². The molecule has 0 aliphatic carbocycles. The lowest BCUT2D eigenvalue weighted by Gasteiger charge is -2.39. The Kier molecular flexibility index (Phi) is 7.70. The molecule has 17 heavy (non-hydrogen) atoms. The van der Waals surface area contributed by atoms with Crippen LogP contribution < -0.4 is 5.73 Å². The Morgan fingerprint density at radius 3 is 2.41 bits per heavy atom. The predicted molar refractivity (Wildman–Crippen MR) is 68.3 cm³/mol. The van der Waals surface area contributed by atoms with Gasteiger partial charge in [-0.2, -0.15) is 0 Å². The number of nitrogens with zero attached hydrogens (tertiary/aromatic N) is 1. The summed E-state index contributed by atoms with van der Waals surface area (Å²) in [4.78, 5) is 14.0. The molecule has 102 valence electrons. The van der Waals surface area contributed by atoms with Gasteiger partial charge in [-0.15, -0.1) is 12.4 Å². The van der Waals surface area contributed by atoms with Crippen molar-refractivity contribution in [2.24, 2.45) is 5.73 Å². The zero-order valence-electron chi connectivity index (χ0n) is 10.7. The molecular weight excluding hydrogens is 244 g/mol. The largest absolute Gasteiger partial charge is 0.380 e. The number of morpholine rings is 1. The topological polar surface area (TPSA) is 64.8 Å². The van der Waals surface area contributed by atoms with E-state index in [2.05, 4.69) is 0 Å². The van der Waals surface area contributed by atoms with Crippen molar-refractivity contribution in [1.82, 2.24) is 4.90 Å². The quantitative estimate of drug-likeness (QED) is 0.800. The fourth-order valence-electron chi connectivity index (χ4n) is 2.06. The van der Waals surface area contributed by atoms with Gasteiger partial charge in [-0.05, 0) is 13.8 Å². The highest BCUT2D eigenvalue weighted by atomic mass is 35.5. The first-order valence-corrected chi connectivity index (χ1v) is 5.71. The maximum Gasteiger partial charge on any atom is 0.225 e. The minimum Gasteiger partial charge on any atom is -0.380 e. The van der Waals surface area contributed by atoms with E-state index < -0.39 is 0 Å². The summed E-state index contributed by atoms with van der Waals surface area (Å²) in [6.07, 6.45) is 0.163. The van der Waals surface area contributed by atoms with E-state index in [4.69, 9.17) is 15.2 Å². The van der Waals surface area contributed by atoms with Crippen LogP contribution in [0.3, 0.4) is 0 Å². The van der Waals surface area contributed by atoms with Crippen molar-refractivity contribution in [2.45, 2.75) is 38.5 Å². The van der Waals surface area contributed by atoms with Crippen molar-refractivity contribution in [1.29, 1.82) is 0 Å². The molecule has 1 amide bonds. The van der Waals surface area contributed by atoms with Gasteiger partial charge < -0.3 is 20.1 Å². The van der Waals surface area contributed by atoms with Crippen molar-refractivity contribution < 1.29 is 14.3 Å². The Labute approximate surface area is 109 Å². The van der Waals surface area contributed by atoms with Gasteiger partial charge in [0.1, 0.15) is 0 Å². The van der Waals surface area contributed by atoms with Gasteiger partial charge in [-0.3, -0.25) is 4.79 Å². The van der Waals surface area contributed by atoms with Crippen molar-refractivity contribution in [3.05, 3.63) is 0 Å². The number of carbonyl (C=O) groups excluding carboxylic acids is 1. The van der Waals surface area contributed by atoms with Gasteiger partial charge >= 0.3 is 0 Å². The monoisotopic (exact) mass is 266 g/mol. The first kappa shape index (κ1) is 16.6. The van der Waals surface area contributed by atoms with Gasteiger partial charge in [0.15, 0.2) is 0 Å². The lowest BCUT2D eigenvalue weighted by molar-refractivity contribution is -0.146. The molecule has 3 unspecified atom stereocenters. The highest BCUT2D eigenvalue weighted by Gasteiger charge is 2.30. The zero-order chi connectivity index (χ0) is 12.1. The molecule has 0 aromatic carbocycles.